The van der Waals surface area contributed by atoms with Crippen molar-refractivity contribution >= 4 is 17.3 Å². The average Bonchev–Trinajstić information content (AvgIpc) is 2.17. The lowest BCUT2D eigenvalue weighted by molar-refractivity contribution is 0.715. The summed E-state index contributed by atoms with van der Waals surface area (Å²) in [4.78, 5) is 3.90. The Morgan fingerprint density at radius 1 is 1.71 bits per heavy atom. The first-order valence-electron chi connectivity index (χ1n) is 4.57. The Balaban J connectivity index is 2.63. The maximum atomic E-state index is 5.76. The van der Waals surface area contributed by atoms with E-state index in [4.69, 9.17) is 18.0 Å². The Labute approximate surface area is 89.7 Å². The minimum Gasteiger partial charge on any atom is -0.381 e. The van der Waals surface area contributed by atoms with E-state index in [9.17, 15) is 0 Å². The lowest BCUT2D eigenvalue weighted by atomic mass is 10.1. The molecule has 1 rings (SSSR count). The number of nitrogens with one attached hydrogen (secondary N) is 1. The van der Waals surface area contributed by atoms with Gasteiger partial charge >= 0.3 is 0 Å². The quantitative estimate of drug-likeness (QED) is 0.608. The molecule has 74 valence electrons. The first-order chi connectivity index (χ1) is 6.76. The molecule has 1 unspecified atom stereocenters. The predicted molar refractivity (Wildman–Crippen MR) is 60.4 cm³/mol. The Morgan fingerprint density at radius 2 is 2.50 bits per heavy atom. The van der Waals surface area contributed by atoms with Gasteiger partial charge in [0, 0.05) is 24.3 Å². The standard InChI is InChI=1S/C11H13ClN2/c1-3-5-9(4-2)14-10-6-7-13-11(12)8-10/h1,6-9H,4-5H2,2H3,(H,13,14). The van der Waals surface area contributed by atoms with Gasteiger partial charge in [0.05, 0.1) is 0 Å². The zero-order chi connectivity index (χ0) is 10.4. The minimum absolute atomic E-state index is 0.304. The fraction of sp³-hybridized carbons (Fsp3) is 0.364. The van der Waals surface area contributed by atoms with Crippen LogP contribution in [0, 0.1) is 12.3 Å². The molecule has 0 aliphatic rings. The molecule has 3 heteroatoms. The molecule has 14 heavy (non-hydrogen) atoms. The molecule has 0 radical (unpaired) electrons. The van der Waals surface area contributed by atoms with Gasteiger partial charge in [-0.05, 0) is 18.6 Å². The first kappa shape index (κ1) is 10.9. The van der Waals surface area contributed by atoms with E-state index < -0.39 is 0 Å². The third-order valence-corrected chi connectivity index (χ3v) is 2.16. The monoisotopic (exact) mass is 208 g/mol. The lowest BCUT2D eigenvalue weighted by Crippen LogP contribution is -2.17. The normalized spacial score (nSPS) is 11.8. The van der Waals surface area contributed by atoms with Gasteiger partial charge in [-0.2, -0.15) is 0 Å². The first-order valence-corrected chi connectivity index (χ1v) is 4.95. The van der Waals surface area contributed by atoms with Crippen LogP contribution in [-0.2, 0) is 0 Å². The largest absolute Gasteiger partial charge is 0.381 e. The summed E-state index contributed by atoms with van der Waals surface area (Å²) >= 11 is 5.76. The third kappa shape index (κ3) is 3.27. The number of anilines is 1. The van der Waals surface area contributed by atoms with Crippen molar-refractivity contribution in [2.45, 2.75) is 25.8 Å². The van der Waals surface area contributed by atoms with E-state index in [0.29, 0.717) is 11.2 Å². The van der Waals surface area contributed by atoms with Crippen molar-refractivity contribution in [2.75, 3.05) is 5.32 Å². The molecule has 0 aliphatic heterocycles. The van der Waals surface area contributed by atoms with Gasteiger partial charge in [0.25, 0.3) is 0 Å². The Morgan fingerprint density at radius 3 is 3.07 bits per heavy atom. The second-order valence-corrected chi connectivity index (χ2v) is 3.41. The number of rotatable bonds is 4. The number of hydrogen-bond acceptors (Lipinski definition) is 2. The van der Waals surface area contributed by atoms with Crippen molar-refractivity contribution in [1.29, 1.82) is 0 Å². The molecule has 1 heterocycles. The van der Waals surface area contributed by atoms with E-state index in [1.165, 1.54) is 0 Å². The second kappa shape index (κ2) is 5.51. The van der Waals surface area contributed by atoms with Gasteiger partial charge in [0.15, 0.2) is 0 Å². The molecule has 1 N–H and O–H groups in total. The zero-order valence-electron chi connectivity index (χ0n) is 8.13. The smallest absolute Gasteiger partial charge is 0.131 e. The fourth-order valence-corrected chi connectivity index (χ4v) is 1.34. The molecule has 0 fully saturated rings. The highest BCUT2D eigenvalue weighted by Gasteiger charge is 2.04. The number of terminal acetylenes is 1. The minimum atomic E-state index is 0.304. The van der Waals surface area contributed by atoms with Crippen molar-refractivity contribution in [3.8, 4) is 12.3 Å². The summed E-state index contributed by atoms with van der Waals surface area (Å²) in [5, 5.41) is 3.79. The molecular weight excluding hydrogens is 196 g/mol. The molecule has 0 aliphatic carbocycles. The molecule has 0 aromatic carbocycles. The highest BCUT2D eigenvalue weighted by atomic mass is 35.5. The summed E-state index contributed by atoms with van der Waals surface area (Å²) in [5.74, 6) is 2.64. The van der Waals surface area contributed by atoms with E-state index in [1.54, 1.807) is 12.3 Å². The molecule has 1 aromatic heterocycles. The molecule has 0 saturated heterocycles. The molecule has 1 aromatic rings. The molecule has 2 nitrogen and oxygen atoms in total. The van der Waals surface area contributed by atoms with Gasteiger partial charge in [-0.1, -0.05) is 18.5 Å². The highest BCUT2D eigenvalue weighted by molar-refractivity contribution is 6.29. The Bertz CT molecular complexity index is 330. The van der Waals surface area contributed by atoms with Crippen LogP contribution in [0.3, 0.4) is 0 Å². The summed E-state index contributed by atoms with van der Waals surface area (Å²) in [7, 11) is 0. The number of hydrogen-bond donors (Lipinski definition) is 1. The van der Waals surface area contributed by atoms with Crippen molar-refractivity contribution in [2.24, 2.45) is 0 Å². The number of nitrogens with zero attached hydrogens (tertiary/aromatic N) is 1. The summed E-state index contributed by atoms with van der Waals surface area (Å²) in [6.07, 6.45) is 8.64. The van der Waals surface area contributed by atoms with E-state index in [-0.39, 0.29) is 0 Å². The molecule has 1 atom stereocenters. The van der Waals surface area contributed by atoms with Crippen LogP contribution in [0.5, 0.6) is 0 Å². The molecule has 0 bridgehead atoms. The van der Waals surface area contributed by atoms with Crippen LogP contribution in [0.2, 0.25) is 5.15 Å². The fourth-order valence-electron chi connectivity index (χ4n) is 1.17. The molecule has 0 amide bonds. The van der Waals surface area contributed by atoms with Gasteiger partial charge in [0.1, 0.15) is 5.15 Å². The van der Waals surface area contributed by atoms with Crippen LogP contribution in [-0.4, -0.2) is 11.0 Å². The maximum Gasteiger partial charge on any atom is 0.131 e. The topological polar surface area (TPSA) is 24.9 Å². The highest BCUT2D eigenvalue weighted by Crippen LogP contribution is 2.14. The van der Waals surface area contributed by atoms with Gasteiger partial charge < -0.3 is 5.32 Å². The van der Waals surface area contributed by atoms with Crippen LogP contribution >= 0.6 is 11.6 Å². The number of aromatic nitrogens is 1. The van der Waals surface area contributed by atoms with E-state index in [0.717, 1.165) is 18.5 Å². The number of pyridine rings is 1. The zero-order valence-corrected chi connectivity index (χ0v) is 8.88. The average molecular weight is 209 g/mol. The van der Waals surface area contributed by atoms with E-state index in [1.807, 2.05) is 6.07 Å². The summed E-state index contributed by atoms with van der Waals surface area (Å²) < 4.78 is 0. The predicted octanol–water partition coefficient (Wildman–Crippen LogP) is 2.95. The van der Waals surface area contributed by atoms with Gasteiger partial charge in [-0.15, -0.1) is 12.3 Å². The SMILES string of the molecule is C#CCC(CC)Nc1ccnc(Cl)c1. The van der Waals surface area contributed by atoms with Crippen molar-refractivity contribution in [3.63, 3.8) is 0 Å². The van der Waals surface area contributed by atoms with E-state index in [2.05, 4.69) is 23.1 Å². The second-order valence-electron chi connectivity index (χ2n) is 3.02. The Kier molecular flexibility index (Phi) is 4.28. The summed E-state index contributed by atoms with van der Waals surface area (Å²) in [6, 6.07) is 3.98. The molecule has 0 spiro atoms. The Hall–Kier alpha value is -1.20. The number of halogens is 1. The van der Waals surface area contributed by atoms with Crippen LogP contribution < -0.4 is 5.32 Å². The molecule has 0 saturated carbocycles. The third-order valence-electron chi connectivity index (χ3n) is 1.95. The van der Waals surface area contributed by atoms with Crippen LogP contribution in [0.25, 0.3) is 0 Å². The van der Waals surface area contributed by atoms with E-state index >= 15 is 0 Å². The van der Waals surface area contributed by atoms with Gasteiger partial charge in [0.2, 0.25) is 0 Å². The van der Waals surface area contributed by atoms with Crippen molar-refractivity contribution < 1.29 is 0 Å². The lowest BCUT2D eigenvalue weighted by Gasteiger charge is -2.15. The van der Waals surface area contributed by atoms with Crippen LogP contribution in [0.15, 0.2) is 18.3 Å². The van der Waals surface area contributed by atoms with Crippen LogP contribution in [0.1, 0.15) is 19.8 Å². The summed E-state index contributed by atoms with van der Waals surface area (Å²) in [5.41, 5.74) is 0.965. The summed E-state index contributed by atoms with van der Waals surface area (Å²) in [6.45, 7) is 2.10. The van der Waals surface area contributed by atoms with Crippen molar-refractivity contribution in [1.82, 2.24) is 4.98 Å². The van der Waals surface area contributed by atoms with Gasteiger partial charge in [-0.25, -0.2) is 4.98 Å². The maximum absolute atomic E-state index is 5.76. The van der Waals surface area contributed by atoms with Crippen molar-refractivity contribution in [3.05, 3.63) is 23.5 Å². The van der Waals surface area contributed by atoms with Gasteiger partial charge in [-0.3, -0.25) is 0 Å². The van der Waals surface area contributed by atoms with Crippen LogP contribution in [0.4, 0.5) is 5.69 Å². The molecular formula is C11H13ClN2.